The third-order valence-electron chi connectivity index (χ3n) is 10.5. The third-order valence-corrected chi connectivity index (χ3v) is 10.5. The summed E-state index contributed by atoms with van der Waals surface area (Å²) >= 11 is 0. The number of carbonyl (C=O) groups is 2. The number of carbonyl (C=O) groups excluding carboxylic acids is 2. The fourth-order valence-corrected chi connectivity index (χ4v) is 8.00. The molecule has 0 bridgehead atoms. The summed E-state index contributed by atoms with van der Waals surface area (Å²) in [6, 6.07) is 3.80. The minimum absolute atomic E-state index is 0. The Bertz CT molecular complexity index is 1800. The number of piperidine rings is 1. The van der Waals surface area contributed by atoms with E-state index in [4.69, 9.17) is 19.9 Å². The molecule has 15 heteroatoms. The van der Waals surface area contributed by atoms with Gasteiger partial charge in [-0.05, 0) is 47.6 Å². The Kier molecular flexibility index (Phi) is 10.3. The largest absolute Gasteiger partial charge is 0.507 e. The van der Waals surface area contributed by atoms with Gasteiger partial charge >= 0.3 is 0 Å². The number of halogens is 1. The predicted octanol–water partition coefficient (Wildman–Crippen LogP) is 3.68. The van der Waals surface area contributed by atoms with Gasteiger partial charge in [0.1, 0.15) is 22.8 Å². The zero-order valence-corrected chi connectivity index (χ0v) is 30.5. The van der Waals surface area contributed by atoms with Gasteiger partial charge in [0.15, 0.2) is 12.1 Å². The van der Waals surface area contributed by atoms with Crippen LogP contribution in [0, 0.1) is 0 Å². The molecule has 2 aromatic carbocycles. The fraction of sp³-hybridized carbons (Fsp3) is 0.556. The second-order valence-corrected chi connectivity index (χ2v) is 15.2. The highest BCUT2D eigenvalue weighted by molar-refractivity contribution is 6.31. The van der Waals surface area contributed by atoms with Gasteiger partial charge in [-0.1, -0.05) is 12.1 Å². The smallest absolute Gasteiger partial charge is 0.202 e. The highest BCUT2D eigenvalue weighted by Gasteiger charge is 2.49. The lowest BCUT2D eigenvalue weighted by molar-refractivity contribution is -0.273. The second-order valence-electron chi connectivity index (χ2n) is 15.2. The number of ketones is 2. The number of aliphatic hydroxyl groups is 2. The van der Waals surface area contributed by atoms with Crippen molar-refractivity contribution in [3.63, 3.8) is 0 Å². The van der Waals surface area contributed by atoms with Gasteiger partial charge in [0.25, 0.3) is 0 Å². The maximum absolute atomic E-state index is 14.0. The highest BCUT2D eigenvalue weighted by atomic mass is 35.5. The van der Waals surface area contributed by atoms with Crippen molar-refractivity contribution < 1.29 is 49.4 Å². The lowest BCUT2D eigenvalue weighted by atomic mass is 9.71. The molecule has 2 saturated heterocycles. The van der Waals surface area contributed by atoms with Gasteiger partial charge in [-0.15, -0.1) is 22.7 Å². The quantitative estimate of drug-likeness (QED) is 0.145. The van der Waals surface area contributed by atoms with Gasteiger partial charge in [0.2, 0.25) is 5.78 Å². The number of aliphatic hydroxyl groups excluding tert-OH is 1. The van der Waals surface area contributed by atoms with Gasteiger partial charge in [-0.2, -0.15) is 10.2 Å². The number of hydrogen-bond acceptors (Lipinski definition) is 13. The van der Waals surface area contributed by atoms with Gasteiger partial charge < -0.3 is 40.4 Å². The van der Waals surface area contributed by atoms with Crippen LogP contribution in [0.25, 0.3) is 0 Å². The first kappa shape index (κ1) is 38.8. The minimum Gasteiger partial charge on any atom is -0.507 e. The van der Waals surface area contributed by atoms with Crippen LogP contribution in [0.2, 0.25) is 0 Å². The summed E-state index contributed by atoms with van der Waals surface area (Å²) in [6.45, 7) is 10.5. The van der Waals surface area contributed by atoms with Crippen LogP contribution >= 0.6 is 12.4 Å². The van der Waals surface area contributed by atoms with Crippen molar-refractivity contribution in [3.05, 3.63) is 51.6 Å². The number of phenolic OH excluding ortho intramolecular Hbond substituents is 2. The standard InChI is InChI=1S/C36H45N4O10.ClH/c1-16-29(41)21(37)11-24(49-16)50-23-15-36(46,17(2)38-39-18-12-34(3,4)40(47)35(5,6)13-18)14-20-26(23)33(45)28-27(31(20)43)30(42)19-9-8-10-22(48-7)25(19)32(28)44;/h8-10,16,21,23-24,29,41,43,45-46H,11-15,37H2,1-7H3;1H/b38-17+;/t16-,21-,23-,24-,29+,36-;/m0./s1. The molecule has 51 heavy (non-hydrogen) atoms. The van der Waals surface area contributed by atoms with Crippen LogP contribution < -0.4 is 10.5 Å². The van der Waals surface area contributed by atoms with Crippen molar-refractivity contribution in [2.45, 2.75) is 121 Å². The van der Waals surface area contributed by atoms with Crippen molar-refractivity contribution in [2.24, 2.45) is 15.9 Å². The van der Waals surface area contributed by atoms with E-state index in [0.29, 0.717) is 18.6 Å². The molecular formula is C36H46ClN4O10. The molecule has 6 atom stereocenters. The summed E-state index contributed by atoms with van der Waals surface area (Å²) in [6.07, 6.45) is -3.61. The number of benzene rings is 2. The monoisotopic (exact) mass is 729 g/mol. The number of aromatic hydroxyl groups is 2. The number of nitrogens with zero attached hydrogens (tertiary/aromatic N) is 3. The molecule has 6 rings (SSSR count). The molecule has 2 fully saturated rings. The van der Waals surface area contributed by atoms with Crippen molar-refractivity contribution >= 4 is 35.4 Å². The topological polar surface area (TPSA) is 217 Å². The Morgan fingerprint density at radius 1 is 1.02 bits per heavy atom. The lowest BCUT2D eigenvalue weighted by Gasteiger charge is -2.46. The van der Waals surface area contributed by atoms with Crippen LogP contribution in [0.1, 0.15) is 116 Å². The zero-order valence-electron chi connectivity index (χ0n) is 29.7. The van der Waals surface area contributed by atoms with Crippen LogP contribution in [0.4, 0.5) is 0 Å². The molecule has 1 radical (unpaired) electrons. The summed E-state index contributed by atoms with van der Waals surface area (Å²) in [5, 5.41) is 69.1. The Morgan fingerprint density at radius 2 is 1.65 bits per heavy atom. The molecule has 0 aromatic heterocycles. The molecule has 0 saturated carbocycles. The van der Waals surface area contributed by atoms with E-state index in [2.05, 4.69) is 10.2 Å². The molecule has 6 N–H and O–H groups in total. The average molecular weight is 730 g/mol. The van der Waals surface area contributed by atoms with Crippen LogP contribution in [0.5, 0.6) is 17.2 Å². The van der Waals surface area contributed by atoms with E-state index in [0.717, 1.165) is 5.06 Å². The maximum atomic E-state index is 14.0. The van der Waals surface area contributed by atoms with Crippen LogP contribution in [-0.4, -0.2) is 96.8 Å². The SMILES string of the molecule is COc1cccc2c1C(=O)c1c(O)c3c(c(O)c1C2=O)C[C@@](O)(/C(C)=N/N=C1CC(C)(C)N([O])C(C)(C)C1)C[C@@H]3O[C@H]1C[C@H](N)[C@H](O)[C@H](C)O1.Cl. The molecule has 14 nitrogen and oxygen atoms in total. The van der Waals surface area contributed by atoms with Crippen molar-refractivity contribution in [2.75, 3.05) is 7.11 Å². The number of hydroxylamine groups is 2. The molecule has 2 aromatic rings. The molecule has 0 unspecified atom stereocenters. The van der Waals surface area contributed by atoms with Gasteiger partial charge in [-0.3, -0.25) is 9.59 Å². The number of fused-ring (bicyclic) bond motifs is 3. The lowest BCUT2D eigenvalue weighted by Crippen LogP contribution is -2.58. The number of nitrogens with two attached hydrogens (primary N) is 1. The number of methoxy groups -OCH3 is 1. The molecule has 2 aliphatic carbocycles. The number of phenols is 2. The zero-order chi connectivity index (χ0) is 36.7. The van der Waals surface area contributed by atoms with Gasteiger partial charge in [0, 0.05) is 71.6 Å². The second kappa shape index (κ2) is 13.5. The first-order valence-corrected chi connectivity index (χ1v) is 16.7. The Hall–Kier alpha value is -3.47. The molecule has 2 heterocycles. The van der Waals surface area contributed by atoms with Crippen LogP contribution in [0.15, 0.2) is 28.4 Å². The maximum Gasteiger partial charge on any atom is 0.202 e. The molecule has 4 aliphatic rings. The van der Waals surface area contributed by atoms with Crippen molar-refractivity contribution in [3.8, 4) is 17.2 Å². The predicted molar refractivity (Wildman–Crippen MR) is 187 cm³/mol. The summed E-state index contributed by atoms with van der Waals surface area (Å²) in [4.78, 5) is 27.9. The third kappa shape index (κ3) is 6.46. The molecular weight excluding hydrogens is 684 g/mol. The molecule has 277 valence electrons. The minimum atomic E-state index is -1.82. The Morgan fingerprint density at radius 3 is 2.25 bits per heavy atom. The van der Waals surface area contributed by atoms with Crippen LogP contribution in [-0.2, 0) is 21.1 Å². The van der Waals surface area contributed by atoms with Crippen LogP contribution in [0.3, 0.4) is 0 Å². The van der Waals surface area contributed by atoms with Gasteiger partial charge in [-0.25, -0.2) is 0 Å². The molecule has 2 aliphatic heterocycles. The number of ether oxygens (including phenoxy) is 3. The van der Waals surface area contributed by atoms with Crippen molar-refractivity contribution in [1.29, 1.82) is 0 Å². The fourth-order valence-electron chi connectivity index (χ4n) is 8.00. The first-order chi connectivity index (χ1) is 23.3. The summed E-state index contributed by atoms with van der Waals surface area (Å²) in [5.41, 5.74) is 2.85. The molecule has 0 amide bonds. The van der Waals surface area contributed by atoms with E-state index in [1.807, 2.05) is 27.7 Å². The van der Waals surface area contributed by atoms with E-state index < -0.39 is 81.5 Å². The van der Waals surface area contributed by atoms with E-state index >= 15 is 0 Å². The van der Waals surface area contributed by atoms with Crippen molar-refractivity contribution in [1.82, 2.24) is 5.06 Å². The van der Waals surface area contributed by atoms with E-state index in [1.54, 1.807) is 19.9 Å². The Balaban J connectivity index is 0.00000504. The summed E-state index contributed by atoms with van der Waals surface area (Å²) in [5.74, 6) is -2.46. The normalized spacial score (nSPS) is 30.1. The molecule has 0 spiro atoms. The van der Waals surface area contributed by atoms with E-state index in [9.17, 15) is 35.2 Å². The highest BCUT2D eigenvalue weighted by Crippen LogP contribution is 2.52. The first-order valence-electron chi connectivity index (χ1n) is 16.7. The number of hydrogen-bond donors (Lipinski definition) is 5. The van der Waals surface area contributed by atoms with E-state index in [-0.39, 0.29) is 65.4 Å². The van der Waals surface area contributed by atoms with Gasteiger partial charge in [0.05, 0.1) is 47.8 Å². The number of rotatable bonds is 5. The summed E-state index contributed by atoms with van der Waals surface area (Å²) < 4.78 is 17.6. The van der Waals surface area contributed by atoms with E-state index in [1.165, 1.54) is 19.2 Å². The summed E-state index contributed by atoms with van der Waals surface area (Å²) in [7, 11) is 1.35. The average Bonchev–Trinajstić information content (AvgIpc) is 3.04. The Labute approximate surface area is 302 Å².